The van der Waals surface area contributed by atoms with Crippen LogP contribution in [0.15, 0.2) is 24.3 Å². The van der Waals surface area contributed by atoms with Crippen molar-refractivity contribution in [3.05, 3.63) is 24.3 Å². The topological polar surface area (TPSA) is 26.3 Å². The monoisotopic (exact) mass is 242 g/mol. The zero-order valence-electron chi connectivity index (χ0n) is 10.6. The first-order valence-electron chi connectivity index (χ1n) is 5.71. The quantitative estimate of drug-likeness (QED) is 0.560. The molecule has 92 valence electrons. The SMILES string of the molecule is CCOC(=O)[C@@H](C)S(C)(C)C1C=CCC=C1. The van der Waals surface area contributed by atoms with Gasteiger partial charge in [-0.25, -0.2) is 10.0 Å². The number of allylic oxidation sites excluding steroid dienone is 2. The van der Waals surface area contributed by atoms with Crippen molar-refractivity contribution in [1.29, 1.82) is 0 Å². The molecule has 1 aliphatic rings. The lowest BCUT2D eigenvalue weighted by atomic mass is 10.2. The minimum Gasteiger partial charge on any atom is -0.465 e. The predicted octanol–water partition coefficient (Wildman–Crippen LogP) is 2.89. The van der Waals surface area contributed by atoms with E-state index in [0.717, 1.165) is 6.42 Å². The largest absolute Gasteiger partial charge is 0.465 e. The number of hydrogen-bond acceptors (Lipinski definition) is 2. The molecule has 0 amide bonds. The van der Waals surface area contributed by atoms with E-state index < -0.39 is 10.0 Å². The van der Waals surface area contributed by atoms with Crippen molar-refractivity contribution in [3.63, 3.8) is 0 Å². The summed E-state index contributed by atoms with van der Waals surface area (Å²) >= 11 is 0. The van der Waals surface area contributed by atoms with E-state index in [4.69, 9.17) is 4.74 Å². The molecule has 0 N–H and O–H groups in total. The number of carbonyl (C=O) groups is 1. The molecular weight excluding hydrogens is 220 g/mol. The van der Waals surface area contributed by atoms with Gasteiger partial charge in [0.25, 0.3) is 0 Å². The van der Waals surface area contributed by atoms with Gasteiger partial charge in [-0.3, -0.25) is 4.79 Å². The number of carbonyl (C=O) groups excluding carboxylic acids is 1. The number of hydrogen-bond donors (Lipinski definition) is 0. The van der Waals surface area contributed by atoms with Crippen molar-refractivity contribution in [2.24, 2.45) is 0 Å². The Morgan fingerprint density at radius 1 is 1.44 bits per heavy atom. The van der Waals surface area contributed by atoms with Crippen LogP contribution >= 0.6 is 10.0 Å². The molecule has 0 aromatic carbocycles. The minimum atomic E-state index is -1.03. The summed E-state index contributed by atoms with van der Waals surface area (Å²) in [5.74, 6) is -0.0603. The van der Waals surface area contributed by atoms with Gasteiger partial charge < -0.3 is 4.74 Å². The van der Waals surface area contributed by atoms with Crippen LogP contribution in [0.3, 0.4) is 0 Å². The molecule has 0 bridgehead atoms. The van der Waals surface area contributed by atoms with Crippen molar-refractivity contribution < 1.29 is 9.53 Å². The Morgan fingerprint density at radius 3 is 2.50 bits per heavy atom. The summed E-state index contributed by atoms with van der Waals surface area (Å²) in [6.45, 7) is 4.31. The first kappa shape index (κ1) is 13.4. The third-order valence-electron chi connectivity index (χ3n) is 3.15. The molecule has 0 aromatic heterocycles. The number of esters is 1. The molecule has 0 unspecified atom stereocenters. The van der Waals surface area contributed by atoms with Gasteiger partial charge in [-0.1, -0.05) is 24.3 Å². The summed E-state index contributed by atoms with van der Waals surface area (Å²) in [6, 6.07) is 0. The van der Waals surface area contributed by atoms with Crippen LogP contribution in [0.1, 0.15) is 20.3 Å². The van der Waals surface area contributed by atoms with E-state index in [-0.39, 0.29) is 11.2 Å². The molecule has 0 radical (unpaired) electrons. The van der Waals surface area contributed by atoms with Crippen LogP contribution < -0.4 is 0 Å². The zero-order chi connectivity index (χ0) is 12.2. The molecule has 16 heavy (non-hydrogen) atoms. The summed E-state index contributed by atoms with van der Waals surface area (Å²) in [5.41, 5.74) is 0. The van der Waals surface area contributed by atoms with Gasteiger partial charge in [0, 0.05) is 5.25 Å². The maximum atomic E-state index is 11.8. The minimum absolute atomic E-state index is 0.00940. The zero-order valence-corrected chi connectivity index (χ0v) is 11.4. The van der Waals surface area contributed by atoms with Crippen LogP contribution in [0.2, 0.25) is 0 Å². The molecule has 1 rings (SSSR count). The highest BCUT2D eigenvalue weighted by Crippen LogP contribution is 2.52. The third-order valence-corrected chi connectivity index (χ3v) is 6.89. The van der Waals surface area contributed by atoms with Crippen molar-refractivity contribution in [3.8, 4) is 0 Å². The van der Waals surface area contributed by atoms with Crippen LogP contribution in [0, 0.1) is 0 Å². The summed E-state index contributed by atoms with van der Waals surface area (Å²) in [7, 11) is -1.03. The van der Waals surface area contributed by atoms with Crippen LogP contribution in [-0.4, -0.2) is 35.6 Å². The molecule has 0 fully saturated rings. The lowest BCUT2D eigenvalue weighted by molar-refractivity contribution is -0.142. The highest BCUT2D eigenvalue weighted by Gasteiger charge is 2.32. The van der Waals surface area contributed by atoms with E-state index in [1.165, 1.54) is 0 Å². The molecule has 1 atom stereocenters. The Kier molecular flexibility index (Phi) is 4.66. The van der Waals surface area contributed by atoms with Crippen molar-refractivity contribution >= 4 is 16.0 Å². The number of ether oxygens (including phenoxy) is 1. The van der Waals surface area contributed by atoms with Gasteiger partial charge >= 0.3 is 5.97 Å². The second kappa shape index (κ2) is 5.58. The molecule has 0 aromatic rings. The first-order valence-corrected chi connectivity index (χ1v) is 8.28. The van der Waals surface area contributed by atoms with Crippen LogP contribution in [0.5, 0.6) is 0 Å². The highest BCUT2D eigenvalue weighted by molar-refractivity contribution is 8.34. The highest BCUT2D eigenvalue weighted by atomic mass is 32.3. The van der Waals surface area contributed by atoms with Crippen LogP contribution in [0.25, 0.3) is 0 Å². The van der Waals surface area contributed by atoms with Gasteiger partial charge in [0.2, 0.25) is 0 Å². The molecule has 2 nitrogen and oxygen atoms in total. The molecule has 0 saturated heterocycles. The summed E-state index contributed by atoms with van der Waals surface area (Å²) < 4.78 is 5.11. The van der Waals surface area contributed by atoms with E-state index in [1.807, 2.05) is 13.8 Å². The average molecular weight is 242 g/mol. The molecular formula is C13H22O2S. The molecule has 1 aliphatic carbocycles. The fourth-order valence-corrected chi connectivity index (χ4v) is 3.78. The summed E-state index contributed by atoms with van der Waals surface area (Å²) in [4.78, 5) is 11.8. The van der Waals surface area contributed by atoms with Gasteiger partial charge in [0.15, 0.2) is 0 Å². The van der Waals surface area contributed by atoms with Crippen molar-refractivity contribution in [2.75, 3.05) is 19.1 Å². The van der Waals surface area contributed by atoms with E-state index in [1.54, 1.807) is 0 Å². The van der Waals surface area contributed by atoms with E-state index in [0.29, 0.717) is 11.9 Å². The number of rotatable bonds is 4. The molecule has 0 aliphatic heterocycles. The Bertz CT molecular complexity index is 293. The van der Waals surface area contributed by atoms with Gasteiger partial charge in [0.1, 0.15) is 0 Å². The Morgan fingerprint density at radius 2 is 2.00 bits per heavy atom. The van der Waals surface area contributed by atoms with E-state index in [2.05, 4.69) is 36.8 Å². The maximum absolute atomic E-state index is 11.8. The summed E-state index contributed by atoms with van der Waals surface area (Å²) in [5, 5.41) is 0.394. The lowest BCUT2D eigenvalue weighted by Gasteiger charge is -2.41. The fourth-order valence-electron chi connectivity index (χ4n) is 1.72. The summed E-state index contributed by atoms with van der Waals surface area (Å²) in [6.07, 6.45) is 14.2. The average Bonchev–Trinajstić information content (AvgIpc) is 2.29. The fraction of sp³-hybridized carbons (Fsp3) is 0.615. The van der Waals surface area contributed by atoms with Gasteiger partial charge in [-0.15, -0.1) is 0 Å². The molecule has 3 heteroatoms. The van der Waals surface area contributed by atoms with Crippen LogP contribution in [0.4, 0.5) is 0 Å². The molecule has 0 heterocycles. The first-order chi connectivity index (χ1) is 7.50. The van der Waals surface area contributed by atoms with Gasteiger partial charge in [0.05, 0.1) is 11.9 Å². The Balaban J connectivity index is 2.75. The van der Waals surface area contributed by atoms with Gasteiger partial charge in [-0.2, -0.15) is 0 Å². The maximum Gasteiger partial charge on any atom is 0.317 e. The second-order valence-corrected chi connectivity index (χ2v) is 8.66. The van der Waals surface area contributed by atoms with E-state index >= 15 is 0 Å². The second-order valence-electron chi connectivity index (χ2n) is 4.44. The van der Waals surface area contributed by atoms with Crippen LogP contribution in [-0.2, 0) is 9.53 Å². The van der Waals surface area contributed by atoms with Crippen molar-refractivity contribution in [2.45, 2.75) is 30.8 Å². The van der Waals surface area contributed by atoms with Crippen molar-refractivity contribution in [1.82, 2.24) is 0 Å². The third kappa shape index (κ3) is 2.91. The lowest BCUT2D eigenvalue weighted by Crippen LogP contribution is -2.31. The Hall–Kier alpha value is -0.700. The van der Waals surface area contributed by atoms with E-state index in [9.17, 15) is 4.79 Å². The van der Waals surface area contributed by atoms with Gasteiger partial charge in [-0.05, 0) is 32.8 Å². The molecule has 0 saturated carbocycles. The predicted molar refractivity (Wildman–Crippen MR) is 72.2 cm³/mol. The Labute approximate surface area is 100 Å². The molecule has 0 spiro atoms. The normalized spacial score (nSPS) is 19.5. The smallest absolute Gasteiger partial charge is 0.317 e. The standard InChI is InChI=1S/C13H22O2S/c1-5-15-13(14)11(2)16(3,4)12-9-7-6-8-10-12/h7-12H,5-6H2,1-4H3/t11-/m1/s1.